The SMILES string of the molecule is CCN(CC)CC(O)CNC(C)c1c(C)[nH]c(/C=C2\C(=O)Nc3ccc(C(=O)NCCO)cc32)c1-c1ccc(F)cc1F. The fourth-order valence-corrected chi connectivity index (χ4v) is 5.44. The van der Waals surface area contributed by atoms with Gasteiger partial charge in [0.25, 0.3) is 11.8 Å². The van der Waals surface area contributed by atoms with E-state index >= 15 is 4.39 Å². The highest BCUT2D eigenvalue weighted by molar-refractivity contribution is 6.35. The molecule has 11 heteroatoms. The molecular formula is C32H39F2N5O4. The van der Waals surface area contributed by atoms with Crippen LogP contribution in [0.1, 0.15) is 59.7 Å². The van der Waals surface area contributed by atoms with Gasteiger partial charge in [-0.2, -0.15) is 0 Å². The quantitative estimate of drug-likeness (QED) is 0.167. The van der Waals surface area contributed by atoms with Gasteiger partial charge in [-0.05, 0) is 68.9 Å². The van der Waals surface area contributed by atoms with Gasteiger partial charge >= 0.3 is 0 Å². The molecule has 1 aliphatic heterocycles. The smallest absolute Gasteiger partial charge is 0.256 e. The molecule has 0 spiro atoms. The van der Waals surface area contributed by atoms with Crippen molar-refractivity contribution in [2.24, 2.45) is 0 Å². The number of aryl methyl sites for hydroxylation is 1. The van der Waals surface area contributed by atoms with E-state index in [1.165, 1.54) is 12.1 Å². The lowest BCUT2D eigenvalue weighted by molar-refractivity contribution is -0.110. The number of anilines is 1. The number of aromatic nitrogens is 1. The number of benzene rings is 2. The first-order valence-electron chi connectivity index (χ1n) is 14.5. The van der Waals surface area contributed by atoms with Gasteiger partial charge in [-0.15, -0.1) is 0 Å². The Kier molecular flexibility index (Phi) is 10.5. The Morgan fingerprint density at radius 1 is 1.12 bits per heavy atom. The zero-order valence-corrected chi connectivity index (χ0v) is 24.9. The van der Waals surface area contributed by atoms with Gasteiger partial charge in [0.05, 0.1) is 18.3 Å². The number of halogens is 2. The molecule has 1 aromatic heterocycles. The zero-order chi connectivity index (χ0) is 31.3. The third kappa shape index (κ3) is 7.19. The van der Waals surface area contributed by atoms with Crippen LogP contribution in [0.3, 0.4) is 0 Å². The van der Waals surface area contributed by atoms with E-state index in [1.54, 1.807) is 24.3 Å². The van der Waals surface area contributed by atoms with Gasteiger partial charge in [0.15, 0.2) is 0 Å². The minimum absolute atomic E-state index is 0.0889. The highest BCUT2D eigenvalue weighted by atomic mass is 19.1. The molecule has 0 aliphatic carbocycles. The van der Waals surface area contributed by atoms with E-state index in [4.69, 9.17) is 5.11 Å². The normalized spacial score (nSPS) is 15.1. The molecule has 0 saturated carbocycles. The summed E-state index contributed by atoms with van der Waals surface area (Å²) in [7, 11) is 0. The van der Waals surface area contributed by atoms with Crippen molar-refractivity contribution in [1.29, 1.82) is 0 Å². The van der Waals surface area contributed by atoms with Crippen molar-refractivity contribution in [3.05, 3.63) is 76.1 Å². The average Bonchev–Trinajstić information content (AvgIpc) is 3.47. The highest BCUT2D eigenvalue weighted by Crippen LogP contribution is 2.40. The van der Waals surface area contributed by atoms with Gasteiger partial charge in [0, 0.05) is 71.1 Å². The van der Waals surface area contributed by atoms with Crippen LogP contribution >= 0.6 is 0 Å². The predicted octanol–water partition coefficient (Wildman–Crippen LogP) is 3.84. The summed E-state index contributed by atoms with van der Waals surface area (Å²) in [5.41, 5.74) is 4.05. The maximum absolute atomic E-state index is 15.3. The van der Waals surface area contributed by atoms with Crippen molar-refractivity contribution in [2.45, 2.75) is 39.8 Å². The Morgan fingerprint density at radius 2 is 1.86 bits per heavy atom. The number of hydrogen-bond acceptors (Lipinski definition) is 6. The topological polar surface area (TPSA) is 130 Å². The number of nitrogens with zero attached hydrogens (tertiary/aromatic N) is 1. The number of carbonyl (C=O) groups is 2. The molecule has 6 N–H and O–H groups in total. The second-order valence-corrected chi connectivity index (χ2v) is 10.6. The largest absolute Gasteiger partial charge is 0.395 e. The number of fused-ring (bicyclic) bond motifs is 1. The van der Waals surface area contributed by atoms with Crippen molar-refractivity contribution in [1.82, 2.24) is 20.5 Å². The number of nitrogens with one attached hydrogen (secondary N) is 4. The van der Waals surface area contributed by atoms with Crippen molar-refractivity contribution < 1.29 is 28.6 Å². The summed E-state index contributed by atoms with van der Waals surface area (Å²) in [4.78, 5) is 31.0. The fraction of sp³-hybridized carbons (Fsp3) is 0.375. The van der Waals surface area contributed by atoms with E-state index in [-0.39, 0.29) is 30.3 Å². The molecule has 3 aromatic rings. The number of aliphatic hydroxyl groups is 2. The molecule has 2 aromatic carbocycles. The zero-order valence-electron chi connectivity index (χ0n) is 24.9. The number of aliphatic hydroxyl groups excluding tert-OH is 2. The average molecular weight is 596 g/mol. The molecule has 9 nitrogen and oxygen atoms in total. The standard InChI is InChI=1S/C32H39F2N5O4/c1-5-39(6-2)17-22(41)16-36-18(3)29-19(4)37-28(30(29)23-9-8-21(33)14-26(23)34)15-25-24-13-20(31(42)35-11-12-40)7-10-27(24)38-32(25)43/h7-10,13-15,18,22,36-37,40-41H,5-6,11-12,16-17H2,1-4H3,(H,35,42)(H,38,43)/b25-15-. The number of aromatic amines is 1. The molecule has 2 heterocycles. The first-order chi connectivity index (χ1) is 20.6. The van der Waals surface area contributed by atoms with Crippen molar-refractivity contribution in [3.63, 3.8) is 0 Å². The Balaban J connectivity index is 1.76. The molecular weight excluding hydrogens is 556 g/mol. The third-order valence-electron chi connectivity index (χ3n) is 7.67. The maximum Gasteiger partial charge on any atom is 0.256 e. The van der Waals surface area contributed by atoms with E-state index in [9.17, 15) is 19.1 Å². The number of carbonyl (C=O) groups excluding carboxylic acids is 2. The lowest BCUT2D eigenvalue weighted by atomic mass is 9.94. The summed E-state index contributed by atoms with van der Waals surface area (Å²) in [6, 6.07) is 7.81. The van der Waals surface area contributed by atoms with Crippen LogP contribution in [0.2, 0.25) is 0 Å². The van der Waals surface area contributed by atoms with Crippen LogP contribution in [0.15, 0.2) is 36.4 Å². The van der Waals surface area contributed by atoms with Crippen LogP contribution in [-0.2, 0) is 4.79 Å². The van der Waals surface area contributed by atoms with Crippen LogP contribution in [-0.4, -0.2) is 77.3 Å². The van der Waals surface area contributed by atoms with E-state index < -0.39 is 29.6 Å². The van der Waals surface area contributed by atoms with E-state index in [0.717, 1.165) is 19.2 Å². The monoisotopic (exact) mass is 595 g/mol. The Hall–Kier alpha value is -3.90. The van der Waals surface area contributed by atoms with Crippen molar-refractivity contribution in [2.75, 3.05) is 44.6 Å². The van der Waals surface area contributed by atoms with Gasteiger partial charge in [-0.3, -0.25) is 9.59 Å². The lowest BCUT2D eigenvalue weighted by Gasteiger charge is -2.24. The van der Waals surface area contributed by atoms with Gasteiger partial charge in [0.2, 0.25) is 0 Å². The number of hydrogen-bond donors (Lipinski definition) is 6. The van der Waals surface area contributed by atoms with Crippen molar-refractivity contribution in [3.8, 4) is 11.1 Å². The minimum Gasteiger partial charge on any atom is -0.395 e. The summed E-state index contributed by atoms with van der Waals surface area (Å²) < 4.78 is 29.2. The number of rotatable bonds is 13. The van der Waals surface area contributed by atoms with Gasteiger partial charge in [0.1, 0.15) is 11.6 Å². The summed E-state index contributed by atoms with van der Waals surface area (Å²) >= 11 is 0. The molecule has 0 saturated heterocycles. The van der Waals surface area contributed by atoms with E-state index in [1.807, 2.05) is 27.7 Å². The minimum atomic E-state index is -0.757. The molecule has 230 valence electrons. The lowest BCUT2D eigenvalue weighted by Crippen LogP contribution is -2.39. The Morgan fingerprint density at radius 3 is 2.53 bits per heavy atom. The first-order valence-corrected chi connectivity index (χ1v) is 14.5. The van der Waals surface area contributed by atoms with Gasteiger partial charge in [-0.25, -0.2) is 8.78 Å². The van der Waals surface area contributed by atoms with E-state index in [2.05, 4.69) is 25.8 Å². The molecule has 0 radical (unpaired) electrons. The van der Waals surface area contributed by atoms with Crippen LogP contribution in [0.5, 0.6) is 0 Å². The molecule has 4 rings (SSSR count). The molecule has 1 aliphatic rings. The second kappa shape index (κ2) is 14.0. The van der Waals surface area contributed by atoms with Crippen LogP contribution < -0.4 is 16.0 Å². The highest BCUT2D eigenvalue weighted by Gasteiger charge is 2.28. The molecule has 2 atom stereocenters. The predicted molar refractivity (Wildman–Crippen MR) is 163 cm³/mol. The molecule has 0 fully saturated rings. The molecule has 0 bridgehead atoms. The van der Waals surface area contributed by atoms with Crippen molar-refractivity contribution >= 4 is 29.2 Å². The summed E-state index contributed by atoms with van der Waals surface area (Å²) in [5, 5.41) is 28.4. The molecule has 43 heavy (non-hydrogen) atoms. The third-order valence-corrected chi connectivity index (χ3v) is 7.67. The van der Waals surface area contributed by atoms with Gasteiger partial charge in [-0.1, -0.05) is 13.8 Å². The summed E-state index contributed by atoms with van der Waals surface area (Å²) in [6.45, 7) is 10.1. The Bertz CT molecular complexity index is 1520. The molecule has 2 unspecified atom stereocenters. The summed E-state index contributed by atoms with van der Waals surface area (Å²) in [6.07, 6.45) is 0.976. The number of likely N-dealkylation sites (N-methyl/N-ethyl adjacent to an activating group) is 1. The second-order valence-electron chi connectivity index (χ2n) is 10.6. The Labute approximate surface area is 250 Å². The first kappa shape index (κ1) is 32.0. The number of amides is 2. The van der Waals surface area contributed by atoms with Gasteiger partial charge < -0.3 is 36.0 Å². The van der Waals surface area contributed by atoms with E-state index in [0.29, 0.717) is 52.4 Å². The van der Waals surface area contributed by atoms with Crippen LogP contribution in [0.25, 0.3) is 22.8 Å². The maximum atomic E-state index is 15.3. The van der Waals surface area contributed by atoms with Crippen LogP contribution in [0.4, 0.5) is 14.5 Å². The molecule has 2 amide bonds. The number of H-pyrrole nitrogens is 1. The fourth-order valence-electron chi connectivity index (χ4n) is 5.44. The summed E-state index contributed by atoms with van der Waals surface area (Å²) in [5.74, 6) is -2.26. The van der Waals surface area contributed by atoms with Crippen LogP contribution in [0, 0.1) is 18.6 Å².